The van der Waals surface area contributed by atoms with Crippen molar-refractivity contribution in [3.8, 4) is 0 Å². The second-order valence-electron chi connectivity index (χ2n) is 5.11. The average molecular weight is 247 g/mol. The Bertz CT molecular complexity index is 284. The van der Waals surface area contributed by atoms with Gasteiger partial charge in [-0.05, 0) is 38.0 Å². The molecular weight excluding hydrogens is 218 g/mol. The topological polar surface area (TPSA) is 12.0 Å². The Kier molecular flexibility index (Phi) is 10.1. The summed E-state index contributed by atoms with van der Waals surface area (Å²) in [6.45, 7) is 15.4. The van der Waals surface area contributed by atoms with Crippen molar-refractivity contribution in [2.45, 2.75) is 40.0 Å². The smallest absolute Gasteiger partial charge is 0.0166 e. The minimum atomic E-state index is 0.521. The first kappa shape index (κ1) is 16.8. The lowest BCUT2D eigenvalue weighted by Crippen LogP contribution is -2.19. The molecule has 0 rings (SSSR count). The minimum absolute atomic E-state index is 0.521. The van der Waals surface area contributed by atoms with Crippen molar-refractivity contribution in [3.05, 3.63) is 49.2 Å². The van der Waals surface area contributed by atoms with Gasteiger partial charge in [0.1, 0.15) is 0 Å². The standard InChI is InChI=1S/C17H29N/c1-6-8-9-10-11-12-17(7-2)13-16(5)18-14-15(3)4/h6-10,15,17-18H,2,5,11-14H2,1,3-4H3/b8-6+,10-9-. The van der Waals surface area contributed by atoms with Crippen molar-refractivity contribution in [1.82, 2.24) is 5.32 Å². The second-order valence-corrected chi connectivity index (χ2v) is 5.11. The number of hydrogen-bond acceptors (Lipinski definition) is 1. The van der Waals surface area contributed by atoms with Crippen molar-refractivity contribution in [2.24, 2.45) is 11.8 Å². The molecule has 1 N–H and O–H groups in total. The highest BCUT2D eigenvalue weighted by molar-refractivity contribution is 5.02. The Morgan fingerprint density at radius 1 is 1.28 bits per heavy atom. The van der Waals surface area contributed by atoms with E-state index in [1.165, 1.54) is 0 Å². The maximum absolute atomic E-state index is 4.08. The van der Waals surface area contributed by atoms with E-state index in [4.69, 9.17) is 0 Å². The summed E-state index contributed by atoms with van der Waals surface area (Å²) in [6, 6.07) is 0. The fraction of sp³-hybridized carbons (Fsp3) is 0.529. The van der Waals surface area contributed by atoms with Crippen LogP contribution in [0.1, 0.15) is 40.0 Å². The van der Waals surface area contributed by atoms with Gasteiger partial charge in [0.25, 0.3) is 0 Å². The summed E-state index contributed by atoms with van der Waals surface area (Å²) in [6.07, 6.45) is 13.7. The van der Waals surface area contributed by atoms with Gasteiger partial charge in [0.05, 0.1) is 0 Å². The molecule has 0 aliphatic rings. The van der Waals surface area contributed by atoms with Gasteiger partial charge in [-0.1, -0.05) is 50.8 Å². The summed E-state index contributed by atoms with van der Waals surface area (Å²) in [7, 11) is 0. The van der Waals surface area contributed by atoms with E-state index in [1.807, 2.05) is 19.1 Å². The van der Waals surface area contributed by atoms with Crippen LogP contribution >= 0.6 is 0 Å². The maximum Gasteiger partial charge on any atom is 0.0166 e. The van der Waals surface area contributed by atoms with Crippen molar-refractivity contribution in [1.29, 1.82) is 0 Å². The number of hydrogen-bond donors (Lipinski definition) is 1. The molecule has 0 saturated carbocycles. The van der Waals surface area contributed by atoms with Crippen molar-refractivity contribution in [2.75, 3.05) is 6.54 Å². The van der Waals surface area contributed by atoms with Crippen LogP contribution in [0.4, 0.5) is 0 Å². The third kappa shape index (κ3) is 9.95. The molecule has 0 bridgehead atoms. The monoisotopic (exact) mass is 247 g/mol. The van der Waals surface area contributed by atoms with Gasteiger partial charge < -0.3 is 5.32 Å². The fourth-order valence-corrected chi connectivity index (χ4v) is 1.64. The largest absolute Gasteiger partial charge is 0.389 e. The van der Waals surface area contributed by atoms with Crippen molar-refractivity contribution >= 4 is 0 Å². The van der Waals surface area contributed by atoms with Crippen molar-refractivity contribution < 1.29 is 0 Å². The Morgan fingerprint density at radius 3 is 2.56 bits per heavy atom. The van der Waals surface area contributed by atoms with Gasteiger partial charge in [-0.15, -0.1) is 6.58 Å². The molecule has 0 amide bonds. The first-order valence-electron chi connectivity index (χ1n) is 6.92. The lowest BCUT2D eigenvalue weighted by atomic mass is 9.97. The SMILES string of the molecule is C=CC(CC/C=C\C=C\C)CC(=C)NCC(C)C. The van der Waals surface area contributed by atoms with Gasteiger partial charge in [0.15, 0.2) is 0 Å². The highest BCUT2D eigenvalue weighted by atomic mass is 14.9. The molecule has 1 atom stereocenters. The van der Waals surface area contributed by atoms with E-state index in [0.29, 0.717) is 11.8 Å². The lowest BCUT2D eigenvalue weighted by Gasteiger charge is -2.16. The zero-order valence-corrected chi connectivity index (χ0v) is 12.3. The van der Waals surface area contributed by atoms with E-state index < -0.39 is 0 Å². The molecule has 0 aromatic rings. The second kappa shape index (κ2) is 10.9. The summed E-state index contributed by atoms with van der Waals surface area (Å²) in [5, 5.41) is 3.39. The molecule has 0 aromatic carbocycles. The van der Waals surface area contributed by atoms with Crippen LogP contribution in [0, 0.1) is 11.8 Å². The molecule has 0 aliphatic carbocycles. The predicted octanol–water partition coefficient (Wildman–Crippen LogP) is 4.85. The number of nitrogens with one attached hydrogen (secondary N) is 1. The predicted molar refractivity (Wildman–Crippen MR) is 83.5 cm³/mol. The highest BCUT2D eigenvalue weighted by Crippen LogP contribution is 2.16. The molecule has 1 unspecified atom stereocenters. The van der Waals surface area contributed by atoms with Crippen LogP contribution < -0.4 is 5.32 Å². The van der Waals surface area contributed by atoms with Crippen LogP contribution in [0.3, 0.4) is 0 Å². The summed E-state index contributed by atoms with van der Waals surface area (Å²) in [4.78, 5) is 0. The van der Waals surface area contributed by atoms with Crippen LogP contribution in [-0.2, 0) is 0 Å². The van der Waals surface area contributed by atoms with Crippen LogP contribution in [0.5, 0.6) is 0 Å². The lowest BCUT2D eigenvalue weighted by molar-refractivity contribution is 0.537. The van der Waals surface area contributed by atoms with Gasteiger partial charge in [-0.3, -0.25) is 0 Å². The molecule has 0 aromatic heterocycles. The summed E-state index contributed by atoms with van der Waals surface area (Å²) >= 11 is 0. The van der Waals surface area contributed by atoms with Gasteiger partial charge in [0.2, 0.25) is 0 Å². The van der Waals surface area contributed by atoms with Crippen molar-refractivity contribution in [3.63, 3.8) is 0 Å². The van der Waals surface area contributed by atoms with Gasteiger partial charge >= 0.3 is 0 Å². The molecule has 102 valence electrons. The first-order chi connectivity index (χ1) is 8.60. The van der Waals surface area contributed by atoms with E-state index in [0.717, 1.165) is 31.5 Å². The molecule has 0 saturated heterocycles. The zero-order valence-electron chi connectivity index (χ0n) is 12.3. The van der Waals surface area contributed by atoms with E-state index >= 15 is 0 Å². The van der Waals surface area contributed by atoms with Gasteiger partial charge in [-0.2, -0.15) is 0 Å². The summed E-state index contributed by atoms with van der Waals surface area (Å²) < 4.78 is 0. The third-order valence-electron chi connectivity index (χ3n) is 2.75. The molecular formula is C17H29N. The number of rotatable bonds is 10. The third-order valence-corrected chi connectivity index (χ3v) is 2.75. The quantitative estimate of drug-likeness (QED) is 0.430. The molecule has 0 heterocycles. The van der Waals surface area contributed by atoms with Crippen LogP contribution in [0.25, 0.3) is 0 Å². The minimum Gasteiger partial charge on any atom is -0.389 e. The average Bonchev–Trinajstić information content (AvgIpc) is 2.34. The van der Waals surface area contributed by atoms with E-state index in [-0.39, 0.29) is 0 Å². The normalized spacial score (nSPS) is 13.3. The van der Waals surface area contributed by atoms with E-state index in [2.05, 4.69) is 50.6 Å². The number of allylic oxidation sites excluding steroid dienone is 6. The Labute approximate surface area is 113 Å². The van der Waals surface area contributed by atoms with Crippen LogP contribution in [0.2, 0.25) is 0 Å². The Balaban J connectivity index is 3.88. The molecule has 1 nitrogen and oxygen atoms in total. The van der Waals surface area contributed by atoms with E-state index in [1.54, 1.807) is 0 Å². The molecule has 0 radical (unpaired) electrons. The van der Waals surface area contributed by atoms with E-state index in [9.17, 15) is 0 Å². The zero-order chi connectivity index (χ0) is 13.8. The highest BCUT2D eigenvalue weighted by Gasteiger charge is 2.05. The Hall–Kier alpha value is -1.24. The molecule has 0 spiro atoms. The van der Waals surface area contributed by atoms with Gasteiger partial charge in [-0.25, -0.2) is 0 Å². The maximum atomic E-state index is 4.08. The molecule has 18 heavy (non-hydrogen) atoms. The molecule has 0 aliphatic heterocycles. The molecule has 1 heteroatoms. The fourth-order valence-electron chi connectivity index (χ4n) is 1.64. The van der Waals surface area contributed by atoms with Gasteiger partial charge in [0, 0.05) is 12.2 Å². The summed E-state index contributed by atoms with van der Waals surface area (Å²) in [5.74, 6) is 1.18. The molecule has 0 fully saturated rings. The first-order valence-corrected chi connectivity index (χ1v) is 6.92. The van der Waals surface area contributed by atoms with Crippen LogP contribution in [-0.4, -0.2) is 6.54 Å². The Morgan fingerprint density at radius 2 is 2.00 bits per heavy atom. The van der Waals surface area contributed by atoms with Crippen LogP contribution in [0.15, 0.2) is 49.2 Å². The summed E-state index contributed by atoms with van der Waals surface area (Å²) in [5.41, 5.74) is 1.13.